The van der Waals surface area contributed by atoms with Crippen molar-refractivity contribution in [1.29, 1.82) is 0 Å². The molecule has 1 aromatic carbocycles. The highest BCUT2D eigenvalue weighted by atomic mass is 79.9. The van der Waals surface area contributed by atoms with E-state index in [-0.39, 0.29) is 4.47 Å². The Kier molecular flexibility index (Phi) is 3.31. The zero-order valence-electron chi connectivity index (χ0n) is 6.40. The van der Waals surface area contributed by atoms with Crippen molar-refractivity contribution in [2.45, 2.75) is 10.4 Å². The summed E-state index contributed by atoms with van der Waals surface area (Å²) in [5, 5.41) is 9.01. The van der Waals surface area contributed by atoms with E-state index in [0.717, 1.165) is 6.07 Å². The molecule has 0 bridgehead atoms. The fourth-order valence-corrected chi connectivity index (χ4v) is 1.84. The van der Waals surface area contributed by atoms with E-state index in [1.54, 1.807) is 0 Å². The van der Waals surface area contributed by atoms with Crippen LogP contribution in [0.5, 0.6) is 5.75 Å². The lowest BCUT2D eigenvalue weighted by Gasteiger charge is -2.08. The van der Waals surface area contributed by atoms with Crippen molar-refractivity contribution in [3.63, 3.8) is 0 Å². The summed E-state index contributed by atoms with van der Waals surface area (Å²) in [5.74, 6) is -1.48. The van der Waals surface area contributed by atoms with Gasteiger partial charge >= 0.3 is 5.51 Å². The summed E-state index contributed by atoms with van der Waals surface area (Å²) < 4.78 is 48.2. The molecule has 14 heavy (non-hydrogen) atoms. The molecule has 0 aliphatic rings. The van der Waals surface area contributed by atoms with Gasteiger partial charge in [0.05, 0.1) is 4.47 Å². The Morgan fingerprint density at radius 2 is 1.86 bits per heavy atom. The highest BCUT2D eigenvalue weighted by molar-refractivity contribution is 9.10. The van der Waals surface area contributed by atoms with Crippen LogP contribution in [-0.2, 0) is 0 Å². The number of hydrogen-bond acceptors (Lipinski definition) is 2. The van der Waals surface area contributed by atoms with Crippen LogP contribution in [0.4, 0.5) is 17.6 Å². The van der Waals surface area contributed by atoms with Crippen molar-refractivity contribution in [1.82, 2.24) is 0 Å². The van der Waals surface area contributed by atoms with Crippen LogP contribution in [0.25, 0.3) is 0 Å². The fraction of sp³-hybridized carbons (Fsp3) is 0.143. The van der Waals surface area contributed by atoms with Crippen LogP contribution in [0.3, 0.4) is 0 Å². The second kappa shape index (κ2) is 3.98. The van der Waals surface area contributed by atoms with Crippen molar-refractivity contribution >= 4 is 27.7 Å². The summed E-state index contributed by atoms with van der Waals surface area (Å²) in [7, 11) is 0. The van der Waals surface area contributed by atoms with Gasteiger partial charge in [0.2, 0.25) is 0 Å². The molecule has 0 aliphatic heterocycles. The molecule has 1 N–H and O–H groups in total. The molecule has 1 rings (SSSR count). The van der Waals surface area contributed by atoms with Crippen molar-refractivity contribution in [3.05, 3.63) is 22.4 Å². The maximum Gasteiger partial charge on any atom is 0.446 e. The number of thioether (sulfide) groups is 1. The van der Waals surface area contributed by atoms with E-state index in [9.17, 15) is 17.6 Å². The maximum atomic E-state index is 12.6. The van der Waals surface area contributed by atoms with Crippen LogP contribution in [0.1, 0.15) is 0 Å². The highest BCUT2D eigenvalue weighted by Gasteiger charge is 2.31. The van der Waals surface area contributed by atoms with E-state index in [0.29, 0.717) is 6.07 Å². The molecule has 0 saturated carbocycles. The Bertz CT molecular complexity index is 352. The first kappa shape index (κ1) is 11.6. The average molecular weight is 291 g/mol. The number of phenolic OH excluding ortho intramolecular Hbond substituents is 1. The molecular formula is C7H3BrF4OS. The second-order valence-corrected chi connectivity index (χ2v) is 4.18. The van der Waals surface area contributed by atoms with Gasteiger partial charge in [0, 0.05) is 11.0 Å². The van der Waals surface area contributed by atoms with Gasteiger partial charge in [-0.3, -0.25) is 0 Å². The Labute approximate surface area is 89.2 Å². The molecule has 1 aromatic rings. The SMILES string of the molecule is Oc1cc(F)cc(SC(F)(F)F)c1Br. The monoisotopic (exact) mass is 290 g/mol. The smallest absolute Gasteiger partial charge is 0.446 e. The molecule has 0 aliphatic carbocycles. The van der Waals surface area contributed by atoms with Crippen LogP contribution in [-0.4, -0.2) is 10.6 Å². The van der Waals surface area contributed by atoms with Gasteiger partial charge in [-0.15, -0.1) is 0 Å². The Morgan fingerprint density at radius 1 is 1.29 bits per heavy atom. The number of phenols is 1. The largest absolute Gasteiger partial charge is 0.507 e. The van der Waals surface area contributed by atoms with Crippen LogP contribution in [0.2, 0.25) is 0 Å². The highest BCUT2D eigenvalue weighted by Crippen LogP contribution is 2.43. The number of rotatable bonds is 1. The van der Waals surface area contributed by atoms with Crippen LogP contribution in [0.15, 0.2) is 21.5 Å². The summed E-state index contributed by atoms with van der Waals surface area (Å²) in [5.41, 5.74) is -4.51. The van der Waals surface area contributed by atoms with Crippen molar-refractivity contribution in [2.75, 3.05) is 0 Å². The van der Waals surface area contributed by atoms with Gasteiger partial charge in [-0.2, -0.15) is 13.2 Å². The van der Waals surface area contributed by atoms with E-state index < -0.39 is 33.7 Å². The summed E-state index contributed by atoms with van der Waals surface area (Å²) in [6.07, 6.45) is 0. The third-order valence-corrected chi connectivity index (χ3v) is 3.08. The lowest BCUT2D eigenvalue weighted by molar-refractivity contribution is -0.0328. The second-order valence-electron chi connectivity index (χ2n) is 2.28. The van der Waals surface area contributed by atoms with Gasteiger partial charge in [0.1, 0.15) is 11.6 Å². The number of benzene rings is 1. The van der Waals surface area contributed by atoms with Gasteiger partial charge in [0.15, 0.2) is 0 Å². The number of halogens is 5. The summed E-state index contributed by atoms with van der Waals surface area (Å²) in [6, 6.07) is 1.42. The fourth-order valence-electron chi connectivity index (χ4n) is 0.749. The van der Waals surface area contributed by atoms with Gasteiger partial charge < -0.3 is 5.11 Å². The maximum absolute atomic E-state index is 12.6. The molecular weight excluding hydrogens is 288 g/mol. The van der Waals surface area contributed by atoms with Crippen LogP contribution >= 0.6 is 27.7 Å². The van der Waals surface area contributed by atoms with Gasteiger partial charge in [-0.25, -0.2) is 4.39 Å². The molecule has 0 heterocycles. The molecule has 0 atom stereocenters. The summed E-state index contributed by atoms with van der Waals surface area (Å²) in [6.45, 7) is 0. The molecule has 0 spiro atoms. The minimum atomic E-state index is -4.51. The molecule has 0 aromatic heterocycles. The van der Waals surface area contributed by atoms with Gasteiger partial charge in [-0.05, 0) is 33.8 Å². The first-order chi connectivity index (χ1) is 6.29. The normalized spacial score (nSPS) is 11.8. The minimum Gasteiger partial charge on any atom is -0.507 e. The third-order valence-electron chi connectivity index (χ3n) is 1.21. The Hall–Kier alpha value is -0.430. The van der Waals surface area contributed by atoms with Crippen LogP contribution < -0.4 is 0 Å². The zero-order valence-corrected chi connectivity index (χ0v) is 8.80. The molecule has 0 radical (unpaired) electrons. The van der Waals surface area contributed by atoms with Crippen molar-refractivity contribution in [2.24, 2.45) is 0 Å². The van der Waals surface area contributed by atoms with Gasteiger partial charge in [0.25, 0.3) is 0 Å². The van der Waals surface area contributed by atoms with E-state index in [2.05, 4.69) is 15.9 Å². The Balaban J connectivity index is 3.09. The molecule has 1 nitrogen and oxygen atoms in total. The lowest BCUT2D eigenvalue weighted by atomic mass is 10.3. The predicted octanol–water partition coefficient (Wildman–Crippen LogP) is 3.91. The quantitative estimate of drug-likeness (QED) is 0.625. The first-order valence-electron chi connectivity index (χ1n) is 3.23. The van der Waals surface area contributed by atoms with E-state index >= 15 is 0 Å². The average Bonchev–Trinajstić information content (AvgIpc) is 1.96. The molecule has 0 amide bonds. The molecule has 0 saturated heterocycles. The number of aromatic hydroxyl groups is 1. The minimum absolute atomic E-state index is 0.166. The summed E-state index contributed by atoms with van der Waals surface area (Å²) in [4.78, 5) is -0.407. The third kappa shape index (κ3) is 3.06. The first-order valence-corrected chi connectivity index (χ1v) is 4.84. The zero-order chi connectivity index (χ0) is 10.9. The van der Waals surface area contributed by atoms with E-state index in [1.165, 1.54) is 0 Å². The number of hydrogen-bond donors (Lipinski definition) is 1. The Morgan fingerprint density at radius 3 is 2.36 bits per heavy atom. The molecule has 0 unspecified atom stereocenters. The summed E-state index contributed by atoms with van der Waals surface area (Å²) >= 11 is 2.24. The van der Waals surface area contributed by atoms with Crippen molar-refractivity contribution < 1.29 is 22.7 Å². The molecule has 7 heteroatoms. The standard InChI is InChI=1S/C7H3BrF4OS/c8-6-4(13)1-3(9)2-5(6)14-7(10,11)12/h1-2,13H. The van der Waals surface area contributed by atoms with Crippen LogP contribution in [0, 0.1) is 5.82 Å². The molecule has 78 valence electrons. The van der Waals surface area contributed by atoms with E-state index in [1.807, 2.05) is 0 Å². The predicted molar refractivity (Wildman–Crippen MR) is 47.7 cm³/mol. The topological polar surface area (TPSA) is 20.2 Å². The van der Waals surface area contributed by atoms with Crippen molar-refractivity contribution in [3.8, 4) is 5.75 Å². The molecule has 0 fully saturated rings. The lowest BCUT2D eigenvalue weighted by Crippen LogP contribution is -1.99. The van der Waals surface area contributed by atoms with Gasteiger partial charge in [-0.1, -0.05) is 0 Å². The number of alkyl halides is 3. The van der Waals surface area contributed by atoms with E-state index in [4.69, 9.17) is 5.11 Å².